The van der Waals surface area contributed by atoms with E-state index in [1.54, 1.807) is 13.8 Å². The molecule has 3 rings (SSSR count). The number of aromatic nitrogens is 2. The van der Waals surface area contributed by atoms with E-state index in [9.17, 15) is 9.90 Å². The summed E-state index contributed by atoms with van der Waals surface area (Å²) >= 11 is 2.82. The summed E-state index contributed by atoms with van der Waals surface area (Å²) < 4.78 is 4.64. The first-order valence-corrected chi connectivity index (χ1v) is 9.69. The lowest BCUT2D eigenvalue weighted by molar-refractivity contribution is -0.138. The lowest BCUT2D eigenvalue weighted by atomic mass is 10.0. The molecule has 0 amide bonds. The molecule has 0 aliphatic carbocycles. The Hall–Kier alpha value is -1.92. The van der Waals surface area contributed by atoms with E-state index in [0.29, 0.717) is 0 Å². The molecule has 0 saturated heterocycles. The molecule has 0 aliphatic heterocycles. The van der Waals surface area contributed by atoms with Gasteiger partial charge in [-0.25, -0.2) is 0 Å². The Labute approximate surface area is 155 Å². The average Bonchev–Trinajstić information content (AvgIpc) is 2.95. The number of hydrogen-bond acceptors (Lipinski definition) is 5. The van der Waals surface area contributed by atoms with Crippen molar-refractivity contribution in [2.45, 2.75) is 43.8 Å². The Bertz CT molecular complexity index is 930. The molecule has 0 aliphatic rings. The molecule has 25 heavy (non-hydrogen) atoms. The summed E-state index contributed by atoms with van der Waals surface area (Å²) in [4.78, 5) is 17.0. The highest BCUT2D eigenvalue weighted by atomic mass is 32.2. The molecule has 1 aromatic carbocycles. The maximum atomic E-state index is 11.6. The molecular weight excluding hydrogens is 352 g/mol. The number of pyridine rings is 1. The van der Waals surface area contributed by atoms with Crippen LogP contribution >= 0.6 is 23.3 Å². The fraction of sp³-hybridized carbons (Fsp3) is 0.316. The normalized spacial score (nSPS) is 11.8. The first-order valence-electron chi connectivity index (χ1n) is 8.10. The van der Waals surface area contributed by atoms with Gasteiger partial charge < -0.3 is 5.11 Å². The Kier molecular flexibility index (Phi) is 4.84. The van der Waals surface area contributed by atoms with Crippen LogP contribution in [-0.2, 0) is 11.2 Å². The van der Waals surface area contributed by atoms with E-state index in [-0.39, 0.29) is 0 Å². The van der Waals surface area contributed by atoms with E-state index in [0.717, 1.165) is 43.9 Å². The lowest BCUT2D eigenvalue weighted by Crippen LogP contribution is -2.27. The quantitative estimate of drug-likeness (QED) is 0.625. The Morgan fingerprint density at radius 1 is 1.28 bits per heavy atom. The summed E-state index contributed by atoms with van der Waals surface area (Å²) in [6, 6.07) is 8.13. The summed E-state index contributed by atoms with van der Waals surface area (Å²) in [6.45, 7) is 7.52. The van der Waals surface area contributed by atoms with Crippen LogP contribution < -0.4 is 0 Å². The molecule has 0 unspecified atom stereocenters. The minimum atomic E-state index is -0.918. The van der Waals surface area contributed by atoms with Crippen LogP contribution in [0.1, 0.15) is 32.2 Å². The second-order valence-corrected chi connectivity index (χ2v) is 8.83. The zero-order valence-corrected chi connectivity index (χ0v) is 16.3. The van der Waals surface area contributed by atoms with Gasteiger partial charge in [0.2, 0.25) is 0 Å². The number of benzene rings is 1. The number of aliphatic carboxylic acids is 1. The van der Waals surface area contributed by atoms with Gasteiger partial charge in [0.05, 0.1) is 10.4 Å². The van der Waals surface area contributed by atoms with Crippen molar-refractivity contribution < 1.29 is 9.90 Å². The number of carbonyl (C=O) groups is 1. The number of thioether (sulfide) groups is 1. The maximum absolute atomic E-state index is 11.6. The fourth-order valence-electron chi connectivity index (χ4n) is 2.57. The lowest BCUT2D eigenvalue weighted by Gasteiger charge is -2.21. The second-order valence-electron chi connectivity index (χ2n) is 6.39. The van der Waals surface area contributed by atoms with Crippen LogP contribution in [0.5, 0.6) is 0 Å². The van der Waals surface area contributed by atoms with Gasteiger partial charge in [-0.05, 0) is 50.9 Å². The number of rotatable bonds is 5. The van der Waals surface area contributed by atoms with E-state index in [2.05, 4.69) is 22.3 Å². The van der Waals surface area contributed by atoms with Crippen molar-refractivity contribution in [3.63, 3.8) is 0 Å². The topological polar surface area (TPSA) is 63.1 Å². The highest BCUT2D eigenvalue weighted by Crippen LogP contribution is 2.44. The van der Waals surface area contributed by atoms with Gasteiger partial charge in [-0.3, -0.25) is 9.78 Å². The number of nitrogens with zero attached hydrogens (tertiary/aromatic N) is 2. The zero-order valence-electron chi connectivity index (χ0n) is 14.7. The Morgan fingerprint density at radius 2 is 2.04 bits per heavy atom. The molecular formula is C19H20N2O2S2. The van der Waals surface area contributed by atoms with Gasteiger partial charge in [0, 0.05) is 33.3 Å². The predicted octanol–water partition coefficient (Wildman–Crippen LogP) is 5.18. The second kappa shape index (κ2) is 6.77. The van der Waals surface area contributed by atoms with Gasteiger partial charge in [0.25, 0.3) is 0 Å². The smallest absolute Gasteiger partial charge is 0.319 e. The van der Waals surface area contributed by atoms with E-state index in [4.69, 9.17) is 0 Å². The van der Waals surface area contributed by atoms with Crippen molar-refractivity contribution >= 4 is 39.3 Å². The van der Waals surface area contributed by atoms with Gasteiger partial charge in [-0.2, -0.15) is 4.37 Å². The van der Waals surface area contributed by atoms with Gasteiger partial charge in [-0.1, -0.05) is 19.1 Å². The highest BCUT2D eigenvalue weighted by Gasteiger charge is 2.30. The third-order valence-electron chi connectivity index (χ3n) is 4.14. The van der Waals surface area contributed by atoms with Gasteiger partial charge in [-0.15, -0.1) is 11.8 Å². The molecule has 0 spiro atoms. The number of aryl methyl sites for hydroxylation is 2. The average molecular weight is 373 g/mol. The van der Waals surface area contributed by atoms with Crippen molar-refractivity contribution in [2.24, 2.45) is 0 Å². The van der Waals surface area contributed by atoms with Crippen LogP contribution in [0.3, 0.4) is 0 Å². The van der Waals surface area contributed by atoms with Crippen LogP contribution in [-0.4, -0.2) is 25.2 Å². The first kappa shape index (κ1) is 17.9. The summed E-state index contributed by atoms with van der Waals surface area (Å²) in [5.41, 5.74) is 4.05. The monoisotopic (exact) mass is 372 g/mol. The standard InChI is InChI=1S/C19H20N2O2S2/c1-5-13-7-6-12(10-20-13)16-15(24-19(3,4)18(22)23)9-8-14-11(2)21-25-17(14)16/h6-10H,5H2,1-4H3,(H,22,23). The summed E-state index contributed by atoms with van der Waals surface area (Å²) in [7, 11) is 0. The molecule has 0 bridgehead atoms. The molecule has 2 aromatic heterocycles. The molecule has 0 radical (unpaired) electrons. The number of fused-ring (bicyclic) bond motifs is 1. The predicted molar refractivity (Wildman–Crippen MR) is 105 cm³/mol. The van der Waals surface area contributed by atoms with E-state index < -0.39 is 10.7 Å². The molecule has 1 N–H and O–H groups in total. The Balaban J connectivity index is 2.21. The Morgan fingerprint density at radius 3 is 2.64 bits per heavy atom. The van der Waals surface area contributed by atoms with Gasteiger partial charge in [0.15, 0.2) is 0 Å². The molecule has 130 valence electrons. The van der Waals surface area contributed by atoms with Crippen LogP contribution in [0.4, 0.5) is 0 Å². The SMILES string of the molecule is CCc1ccc(-c2c(SC(C)(C)C(=O)O)ccc3c(C)nsc23)cn1. The highest BCUT2D eigenvalue weighted by molar-refractivity contribution is 8.01. The summed E-state index contributed by atoms with van der Waals surface area (Å²) in [6.07, 6.45) is 2.76. The maximum Gasteiger partial charge on any atom is 0.319 e. The molecule has 0 fully saturated rings. The minimum absolute atomic E-state index is 0.830. The van der Waals surface area contributed by atoms with Crippen LogP contribution in [0, 0.1) is 6.92 Å². The molecule has 2 heterocycles. The minimum Gasteiger partial charge on any atom is -0.480 e. The molecule has 3 aromatic rings. The van der Waals surface area contributed by atoms with Crippen molar-refractivity contribution in [2.75, 3.05) is 0 Å². The molecule has 4 nitrogen and oxygen atoms in total. The third kappa shape index (κ3) is 3.41. The van der Waals surface area contributed by atoms with Crippen molar-refractivity contribution in [1.82, 2.24) is 9.36 Å². The van der Waals surface area contributed by atoms with Crippen molar-refractivity contribution in [3.8, 4) is 11.1 Å². The zero-order chi connectivity index (χ0) is 18.2. The van der Waals surface area contributed by atoms with E-state index in [1.165, 1.54) is 23.3 Å². The van der Waals surface area contributed by atoms with E-state index >= 15 is 0 Å². The third-order valence-corrected chi connectivity index (χ3v) is 6.36. The van der Waals surface area contributed by atoms with Crippen LogP contribution in [0.25, 0.3) is 21.2 Å². The molecule has 6 heteroatoms. The van der Waals surface area contributed by atoms with Crippen LogP contribution in [0.15, 0.2) is 35.4 Å². The number of carboxylic acid groups (broad SMARTS) is 1. The summed E-state index contributed by atoms with van der Waals surface area (Å²) in [5.74, 6) is -0.830. The summed E-state index contributed by atoms with van der Waals surface area (Å²) in [5, 5.41) is 10.6. The van der Waals surface area contributed by atoms with Crippen LogP contribution in [0.2, 0.25) is 0 Å². The first-order chi connectivity index (χ1) is 11.8. The molecule has 0 atom stereocenters. The number of carboxylic acids is 1. The van der Waals surface area contributed by atoms with Crippen molar-refractivity contribution in [1.29, 1.82) is 0 Å². The largest absolute Gasteiger partial charge is 0.480 e. The van der Waals surface area contributed by atoms with Crippen molar-refractivity contribution in [3.05, 3.63) is 41.9 Å². The molecule has 0 saturated carbocycles. The number of hydrogen-bond donors (Lipinski definition) is 1. The van der Waals surface area contributed by atoms with E-state index in [1.807, 2.05) is 31.3 Å². The van der Waals surface area contributed by atoms with Gasteiger partial charge >= 0.3 is 5.97 Å². The van der Waals surface area contributed by atoms with Gasteiger partial charge in [0.1, 0.15) is 4.75 Å². The fourth-order valence-corrected chi connectivity index (χ4v) is 4.69.